The number of aromatic nitrogens is 3. The zero-order chi connectivity index (χ0) is 23.5. The van der Waals surface area contributed by atoms with E-state index in [4.69, 9.17) is 0 Å². The maximum Gasteiger partial charge on any atom is 0.249 e. The minimum Gasteiger partial charge on any atom is -0.351 e. The van der Waals surface area contributed by atoms with Crippen molar-refractivity contribution in [2.45, 2.75) is 51.2 Å². The minimum absolute atomic E-state index is 0.0216. The zero-order valence-corrected chi connectivity index (χ0v) is 19.9. The summed E-state index contributed by atoms with van der Waals surface area (Å²) in [6.07, 6.45) is 4.19. The summed E-state index contributed by atoms with van der Waals surface area (Å²) >= 11 is 1.52. The molecule has 1 aliphatic rings. The van der Waals surface area contributed by atoms with Crippen molar-refractivity contribution in [2.75, 3.05) is 4.90 Å². The van der Waals surface area contributed by atoms with Gasteiger partial charge in [-0.05, 0) is 65.9 Å². The van der Waals surface area contributed by atoms with Crippen LogP contribution in [0.3, 0.4) is 0 Å². The third kappa shape index (κ3) is 4.46. The smallest absolute Gasteiger partial charge is 0.249 e. The Morgan fingerprint density at radius 3 is 2.65 bits per heavy atom. The van der Waals surface area contributed by atoms with Crippen molar-refractivity contribution in [3.63, 3.8) is 0 Å². The van der Waals surface area contributed by atoms with Crippen LogP contribution in [0.5, 0.6) is 0 Å². The van der Waals surface area contributed by atoms with Gasteiger partial charge in [-0.25, -0.2) is 4.68 Å². The number of hydrogen-bond acceptors (Lipinski definition) is 5. The number of nitrogens with one attached hydrogen (secondary N) is 1. The van der Waals surface area contributed by atoms with Crippen LogP contribution < -0.4 is 10.2 Å². The maximum atomic E-state index is 13.9. The highest BCUT2D eigenvalue weighted by Gasteiger charge is 2.35. The lowest BCUT2D eigenvalue weighted by Gasteiger charge is -2.32. The van der Waals surface area contributed by atoms with Gasteiger partial charge in [0.25, 0.3) is 0 Å². The highest BCUT2D eigenvalue weighted by Crippen LogP contribution is 2.32. The van der Waals surface area contributed by atoms with Gasteiger partial charge in [0.15, 0.2) is 0 Å². The summed E-state index contributed by atoms with van der Waals surface area (Å²) in [6.45, 7) is 1.94. The largest absolute Gasteiger partial charge is 0.351 e. The molecule has 0 spiro atoms. The van der Waals surface area contributed by atoms with E-state index in [0.717, 1.165) is 53.5 Å². The fourth-order valence-electron chi connectivity index (χ4n) is 4.69. The molecule has 1 fully saturated rings. The highest BCUT2D eigenvalue weighted by molar-refractivity contribution is 7.08. The molecule has 174 valence electrons. The van der Waals surface area contributed by atoms with Gasteiger partial charge in [0.2, 0.25) is 11.8 Å². The Balaban J connectivity index is 1.55. The molecule has 1 atom stereocenters. The molecular weight excluding hydrogens is 446 g/mol. The maximum absolute atomic E-state index is 13.9. The van der Waals surface area contributed by atoms with E-state index >= 15 is 0 Å². The number of para-hydroxylation sites is 2. The Kier molecular flexibility index (Phi) is 6.40. The Morgan fingerprint density at radius 1 is 1.12 bits per heavy atom. The summed E-state index contributed by atoms with van der Waals surface area (Å²) in [5.41, 5.74) is 3.96. The molecule has 1 aliphatic carbocycles. The van der Waals surface area contributed by atoms with Crippen molar-refractivity contribution in [1.82, 2.24) is 20.3 Å². The number of carbonyl (C=O) groups is 2. The molecule has 2 aromatic carbocycles. The molecule has 7 nitrogen and oxygen atoms in total. The van der Waals surface area contributed by atoms with Crippen LogP contribution in [0.15, 0.2) is 65.4 Å². The SMILES string of the molecule is Cc1ccccc1N(C(=O)Cn1nnc2ccccc21)C(C(=O)NC1CCCC1)c1ccsc1. The van der Waals surface area contributed by atoms with Crippen LogP contribution in [-0.2, 0) is 16.1 Å². The molecule has 1 unspecified atom stereocenters. The van der Waals surface area contributed by atoms with Crippen LogP contribution in [-0.4, -0.2) is 32.9 Å². The molecule has 1 saturated carbocycles. The Labute approximate surface area is 202 Å². The molecule has 0 aliphatic heterocycles. The van der Waals surface area contributed by atoms with Gasteiger partial charge in [-0.15, -0.1) is 5.10 Å². The summed E-state index contributed by atoms with van der Waals surface area (Å²) in [6, 6.07) is 16.5. The van der Waals surface area contributed by atoms with E-state index in [1.54, 1.807) is 9.58 Å². The number of hydrogen-bond donors (Lipinski definition) is 1. The molecule has 0 bridgehead atoms. The van der Waals surface area contributed by atoms with Crippen LogP contribution >= 0.6 is 11.3 Å². The van der Waals surface area contributed by atoms with E-state index in [1.165, 1.54) is 11.3 Å². The number of anilines is 1. The number of carbonyl (C=O) groups excluding carboxylic acids is 2. The summed E-state index contributed by atoms with van der Waals surface area (Å²) < 4.78 is 1.60. The number of amides is 2. The minimum atomic E-state index is -0.768. The first-order valence-corrected chi connectivity index (χ1v) is 12.5. The number of nitrogens with zero attached hydrogens (tertiary/aromatic N) is 4. The van der Waals surface area contributed by atoms with Crippen molar-refractivity contribution < 1.29 is 9.59 Å². The molecule has 8 heteroatoms. The fourth-order valence-corrected chi connectivity index (χ4v) is 5.37. The molecule has 2 heterocycles. The van der Waals surface area contributed by atoms with E-state index in [2.05, 4.69) is 15.6 Å². The lowest BCUT2D eigenvalue weighted by molar-refractivity contribution is -0.127. The summed E-state index contributed by atoms with van der Waals surface area (Å²) in [5, 5.41) is 15.5. The molecule has 34 heavy (non-hydrogen) atoms. The van der Waals surface area contributed by atoms with Crippen molar-refractivity contribution >= 4 is 39.9 Å². The summed E-state index contributed by atoms with van der Waals surface area (Å²) in [7, 11) is 0. The first-order chi connectivity index (χ1) is 16.6. The van der Waals surface area contributed by atoms with Gasteiger partial charge in [-0.1, -0.05) is 48.4 Å². The Bertz CT molecular complexity index is 1290. The van der Waals surface area contributed by atoms with Crippen LogP contribution in [0, 0.1) is 6.92 Å². The molecule has 4 aromatic rings. The van der Waals surface area contributed by atoms with E-state index in [9.17, 15) is 9.59 Å². The van der Waals surface area contributed by atoms with Crippen LogP contribution in [0.2, 0.25) is 0 Å². The molecule has 2 amide bonds. The van der Waals surface area contributed by atoms with Gasteiger partial charge in [0.05, 0.1) is 5.52 Å². The normalized spacial score (nSPS) is 14.9. The molecule has 5 rings (SSSR count). The van der Waals surface area contributed by atoms with Crippen LogP contribution in [0.4, 0.5) is 5.69 Å². The second-order valence-corrected chi connectivity index (χ2v) is 9.52. The number of rotatable bonds is 7. The lowest BCUT2D eigenvalue weighted by atomic mass is 10.0. The fraction of sp³-hybridized carbons (Fsp3) is 0.308. The molecule has 2 aromatic heterocycles. The van der Waals surface area contributed by atoms with Crippen molar-refractivity contribution in [3.8, 4) is 0 Å². The lowest BCUT2D eigenvalue weighted by Crippen LogP contribution is -2.47. The van der Waals surface area contributed by atoms with E-state index in [-0.39, 0.29) is 24.4 Å². The summed E-state index contributed by atoms with van der Waals surface area (Å²) in [5.74, 6) is -0.368. The summed E-state index contributed by atoms with van der Waals surface area (Å²) in [4.78, 5) is 29.3. The average Bonchev–Trinajstić information content (AvgIpc) is 3.61. The molecule has 0 saturated heterocycles. The van der Waals surface area contributed by atoms with Gasteiger partial charge in [0, 0.05) is 11.7 Å². The molecule has 0 radical (unpaired) electrons. The molecular formula is C26H27N5O2S. The van der Waals surface area contributed by atoms with Crippen LogP contribution in [0.25, 0.3) is 11.0 Å². The second kappa shape index (κ2) is 9.77. The first-order valence-electron chi connectivity index (χ1n) is 11.6. The number of aryl methyl sites for hydroxylation is 1. The monoisotopic (exact) mass is 473 g/mol. The van der Waals surface area contributed by atoms with Crippen molar-refractivity contribution in [3.05, 3.63) is 76.5 Å². The third-order valence-electron chi connectivity index (χ3n) is 6.42. The van der Waals surface area contributed by atoms with E-state index in [1.807, 2.05) is 72.3 Å². The van der Waals surface area contributed by atoms with Crippen LogP contribution in [0.1, 0.15) is 42.9 Å². The standard InChI is InChI=1S/C26H27N5O2S/c1-18-8-2-6-12-22(18)31(24(32)16-30-23-13-7-5-11-21(23)28-29-30)25(19-14-15-34-17-19)26(33)27-20-9-3-4-10-20/h2,5-8,11-15,17,20,25H,3-4,9-10,16H2,1H3,(H,27,33). The van der Waals surface area contributed by atoms with Gasteiger partial charge in [-0.3, -0.25) is 14.5 Å². The quantitative estimate of drug-likeness (QED) is 0.424. The van der Waals surface area contributed by atoms with Crippen molar-refractivity contribution in [2.24, 2.45) is 0 Å². The second-order valence-electron chi connectivity index (χ2n) is 8.74. The number of thiophene rings is 1. The topological polar surface area (TPSA) is 80.1 Å². The third-order valence-corrected chi connectivity index (χ3v) is 7.12. The Hall–Kier alpha value is -3.52. The van der Waals surface area contributed by atoms with E-state index < -0.39 is 6.04 Å². The highest BCUT2D eigenvalue weighted by atomic mass is 32.1. The van der Waals surface area contributed by atoms with Gasteiger partial charge < -0.3 is 5.32 Å². The van der Waals surface area contributed by atoms with E-state index in [0.29, 0.717) is 0 Å². The van der Waals surface area contributed by atoms with Gasteiger partial charge >= 0.3 is 0 Å². The first kappa shape index (κ1) is 22.3. The van der Waals surface area contributed by atoms with Crippen molar-refractivity contribution in [1.29, 1.82) is 0 Å². The zero-order valence-electron chi connectivity index (χ0n) is 19.1. The predicted molar refractivity (Wildman–Crippen MR) is 134 cm³/mol. The molecule has 1 N–H and O–H groups in total. The van der Waals surface area contributed by atoms with Gasteiger partial charge in [-0.2, -0.15) is 11.3 Å². The Morgan fingerprint density at radius 2 is 1.88 bits per heavy atom. The predicted octanol–water partition coefficient (Wildman–Crippen LogP) is 4.63. The van der Waals surface area contributed by atoms with Gasteiger partial charge in [0.1, 0.15) is 18.1 Å². The number of benzene rings is 2. The number of fused-ring (bicyclic) bond motifs is 1. The average molecular weight is 474 g/mol.